The van der Waals surface area contributed by atoms with Gasteiger partial charge in [-0.2, -0.15) is 0 Å². The van der Waals surface area contributed by atoms with Gasteiger partial charge in [0.15, 0.2) is 5.82 Å². The summed E-state index contributed by atoms with van der Waals surface area (Å²) >= 11 is 0. The molecule has 2 aromatic rings. The highest BCUT2D eigenvalue weighted by Gasteiger charge is 2.23. The molecule has 0 radical (unpaired) electrons. The van der Waals surface area contributed by atoms with Crippen LogP contribution in [0.4, 0.5) is 20.7 Å². The zero-order valence-corrected chi connectivity index (χ0v) is 16.9. The number of hydrogen-bond acceptors (Lipinski definition) is 6. The molecule has 30 heavy (non-hydrogen) atoms. The van der Waals surface area contributed by atoms with E-state index in [1.54, 1.807) is 12.1 Å². The number of rotatable bonds is 6. The van der Waals surface area contributed by atoms with E-state index in [2.05, 4.69) is 14.7 Å². The molecule has 0 aliphatic heterocycles. The first-order chi connectivity index (χ1) is 14.5. The van der Waals surface area contributed by atoms with Crippen molar-refractivity contribution < 1.29 is 28.6 Å². The minimum absolute atomic E-state index is 0.208. The summed E-state index contributed by atoms with van der Waals surface area (Å²) in [6.07, 6.45) is 9.66. The SMILES string of the molecule is COCC(=O)O.O=C(OCC1CCCCC1)N(c1cccc(F)c1)c1cnccn1. The average Bonchev–Trinajstić information content (AvgIpc) is 2.74. The van der Waals surface area contributed by atoms with E-state index in [0.717, 1.165) is 12.8 Å². The molecule has 1 aliphatic carbocycles. The van der Waals surface area contributed by atoms with Crippen LogP contribution in [0.25, 0.3) is 0 Å². The molecule has 1 heterocycles. The Kier molecular flexibility index (Phi) is 9.66. The van der Waals surface area contributed by atoms with Crippen molar-refractivity contribution in [3.8, 4) is 0 Å². The molecule has 1 amide bonds. The third kappa shape index (κ3) is 7.75. The molecule has 0 unspecified atom stereocenters. The molecule has 1 aromatic carbocycles. The van der Waals surface area contributed by atoms with Gasteiger partial charge in [0, 0.05) is 19.5 Å². The second kappa shape index (κ2) is 12.5. The molecule has 1 N–H and O–H groups in total. The summed E-state index contributed by atoms with van der Waals surface area (Å²) in [6.45, 7) is 0.172. The fourth-order valence-electron chi connectivity index (χ4n) is 3.08. The molecule has 0 bridgehead atoms. The molecule has 3 rings (SSSR count). The number of aromatic nitrogens is 2. The van der Waals surface area contributed by atoms with Crippen LogP contribution in [-0.4, -0.2) is 47.5 Å². The number of anilines is 2. The predicted molar refractivity (Wildman–Crippen MR) is 108 cm³/mol. The van der Waals surface area contributed by atoms with Gasteiger partial charge in [-0.15, -0.1) is 0 Å². The first kappa shape index (κ1) is 23.2. The molecule has 0 atom stereocenters. The van der Waals surface area contributed by atoms with Gasteiger partial charge in [-0.3, -0.25) is 4.98 Å². The summed E-state index contributed by atoms with van der Waals surface area (Å²) in [5, 5.41) is 7.79. The van der Waals surface area contributed by atoms with Crippen LogP contribution in [0.15, 0.2) is 42.9 Å². The van der Waals surface area contributed by atoms with E-state index in [9.17, 15) is 14.0 Å². The normalized spacial score (nSPS) is 13.7. The van der Waals surface area contributed by atoms with Crippen molar-refractivity contribution in [3.63, 3.8) is 0 Å². The first-order valence-corrected chi connectivity index (χ1v) is 9.70. The summed E-state index contributed by atoms with van der Waals surface area (Å²) in [4.78, 5) is 31.5. The lowest BCUT2D eigenvalue weighted by atomic mass is 9.90. The van der Waals surface area contributed by atoms with Gasteiger partial charge >= 0.3 is 12.1 Å². The number of amides is 1. The Bertz CT molecular complexity index is 800. The van der Waals surface area contributed by atoms with Gasteiger partial charge in [0.1, 0.15) is 12.4 Å². The summed E-state index contributed by atoms with van der Waals surface area (Å²) < 4.78 is 23.3. The number of carbonyl (C=O) groups is 2. The van der Waals surface area contributed by atoms with Gasteiger partial charge in [0.25, 0.3) is 0 Å². The number of carbonyl (C=O) groups excluding carboxylic acids is 1. The summed E-state index contributed by atoms with van der Waals surface area (Å²) in [5.41, 5.74) is 0.365. The van der Waals surface area contributed by atoms with Crippen molar-refractivity contribution in [2.45, 2.75) is 32.1 Å². The third-order valence-corrected chi connectivity index (χ3v) is 4.46. The number of nitrogens with zero attached hydrogens (tertiary/aromatic N) is 3. The smallest absolute Gasteiger partial charge is 0.420 e. The van der Waals surface area contributed by atoms with Gasteiger partial charge in [-0.05, 0) is 37.0 Å². The highest BCUT2D eigenvalue weighted by molar-refractivity contribution is 5.94. The average molecular weight is 419 g/mol. The molecule has 0 spiro atoms. The van der Waals surface area contributed by atoms with E-state index >= 15 is 0 Å². The number of benzene rings is 1. The van der Waals surface area contributed by atoms with Gasteiger partial charge in [-0.25, -0.2) is 23.9 Å². The molecular weight excluding hydrogens is 393 g/mol. The van der Waals surface area contributed by atoms with Crippen LogP contribution in [0, 0.1) is 11.7 Å². The number of halogens is 1. The number of ether oxygens (including phenoxy) is 2. The lowest BCUT2D eigenvalue weighted by Crippen LogP contribution is -2.29. The summed E-state index contributed by atoms with van der Waals surface area (Å²) in [6, 6.07) is 5.78. The van der Waals surface area contributed by atoms with Crippen molar-refractivity contribution in [2.75, 3.05) is 25.2 Å². The van der Waals surface area contributed by atoms with Crippen LogP contribution in [0.3, 0.4) is 0 Å². The molecule has 1 saturated carbocycles. The maximum atomic E-state index is 13.6. The van der Waals surface area contributed by atoms with Gasteiger partial charge in [0.2, 0.25) is 0 Å². The monoisotopic (exact) mass is 419 g/mol. The van der Waals surface area contributed by atoms with E-state index in [4.69, 9.17) is 9.84 Å². The highest BCUT2D eigenvalue weighted by Crippen LogP contribution is 2.27. The standard InChI is InChI=1S/C18H20FN3O2.C3H6O3/c19-15-7-4-8-16(11-15)22(17-12-20-9-10-21-17)18(23)24-13-14-5-2-1-3-6-14;1-6-2-3(4)5/h4,7-12,14H,1-3,5-6,13H2;2H2,1H3,(H,4,5). The lowest BCUT2D eigenvalue weighted by Gasteiger charge is -2.24. The van der Waals surface area contributed by atoms with Crippen LogP contribution in [0.2, 0.25) is 0 Å². The van der Waals surface area contributed by atoms with Gasteiger partial charge in [0.05, 0.1) is 18.5 Å². The Hall–Kier alpha value is -3.07. The Morgan fingerprint density at radius 3 is 2.57 bits per heavy atom. The second-order valence-corrected chi connectivity index (χ2v) is 6.79. The molecule has 1 fully saturated rings. The van der Waals surface area contributed by atoms with E-state index in [1.807, 2.05) is 0 Å². The number of methoxy groups -OCH3 is 1. The van der Waals surface area contributed by atoms with Crippen molar-refractivity contribution in [1.82, 2.24) is 9.97 Å². The minimum Gasteiger partial charge on any atom is -0.480 e. The predicted octanol–water partition coefficient (Wildman–Crippen LogP) is 4.19. The molecule has 8 nitrogen and oxygen atoms in total. The zero-order chi connectivity index (χ0) is 21.8. The lowest BCUT2D eigenvalue weighted by molar-refractivity contribution is -0.141. The molecule has 162 valence electrons. The van der Waals surface area contributed by atoms with E-state index in [-0.39, 0.29) is 6.61 Å². The zero-order valence-electron chi connectivity index (χ0n) is 16.9. The maximum absolute atomic E-state index is 13.6. The van der Waals surface area contributed by atoms with E-state index in [0.29, 0.717) is 24.0 Å². The van der Waals surface area contributed by atoms with Crippen molar-refractivity contribution >= 4 is 23.6 Å². The second-order valence-electron chi connectivity index (χ2n) is 6.79. The number of aliphatic carboxylic acids is 1. The van der Waals surface area contributed by atoms with Crippen molar-refractivity contribution in [1.29, 1.82) is 0 Å². The molecule has 0 saturated heterocycles. The van der Waals surface area contributed by atoms with Crippen LogP contribution in [0.1, 0.15) is 32.1 Å². The van der Waals surface area contributed by atoms with E-state index < -0.39 is 17.9 Å². The molecule has 9 heteroatoms. The van der Waals surface area contributed by atoms with E-state index in [1.165, 1.54) is 62.0 Å². The summed E-state index contributed by atoms with van der Waals surface area (Å²) in [7, 11) is 1.34. The van der Waals surface area contributed by atoms with Crippen molar-refractivity contribution in [2.24, 2.45) is 5.92 Å². The Morgan fingerprint density at radius 1 is 1.23 bits per heavy atom. The fourth-order valence-corrected chi connectivity index (χ4v) is 3.08. The highest BCUT2D eigenvalue weighted by atomic mass is 19.1. The largest absolute Gasteiger partial charge is 0.480 e. The Balaban J connectivity index is 0.000000469. The minimum atomic E-state index is -0.933. The molecule has 1 aromatic heterocycles. The number of carboxylic acid groups (broad SMARTS) is 1. The van der Waals surface area contributed by atoms with Crippen molar-refractivity contribution in [3.05, 3.63) is 48.7 Å². The molecular formula is C21H26FN3O5. The fraction of sp³-hybridized carbons (Fsp3) is 0.429. The summed E-state index contributed by atoms with van der Waals surface area (Å²) in [5.74, 6) is -0.658. The molecule has 1 aliphatic rings. The van der Waals surface area contributed by atoms with Crippen LogP contribution >= 0.6 is 0 Å². The number of carboxylic acids is 1. The Morgan fingerprint density at radius 2 is 2.00 bits per heavy atom. The Labute approximate surface area is 174 Å². The van der Waals surface area contributed by atoms with Crippen LogP contribution in [0.5, 0.6) is 0 Å². The third-order valence-electron chi connectivity index (χ3n) is 4.46. The van der Waals surface area contributed by atoms with Gasteiger partial charge < -0.3 is 14.6 Å². The topological polar surface area (TPSA) is 102 Å². The quantitative estimate of drug-likeness (QED) is 0.749. The first-order valence-electron chi connectivity index (χ1n) is 9.70. The van der Waals surface area contributed by atoms with Gasteiger partial charge in [-0.1, -0.05) is 25.3 Å². The van der Waals surface area contributed by atoms with Crippen LogP contribution < -0.4 is 4.90 Å². The number of hydrogen-bond donors (Lipinski definition) is 1. The maximum Gasteiger partial charge on any atom is 0.420 e. The van der Waals surface area contributed by atoms with Crippen LogP contribution in [-0.2, 0) is 14.3 Å².